The lowest BCUT2D eigenvalue weighted by molar-refractivity contribution is -0.350. The minimum Gasteiger partial charge on any atom is -0.458 e. The Hall–Kier alpha value is -1.06. The number of hydrogen-bond acceptors (Lipinski definition) is 3. The summed E-state index contributed by atoms with van der Waals surface area (Å²) < 4.78 is 92.2. The van der Waals surface area contributed by atoms with Crippen LogP contribution in [0.1, 0.15) is 34.1 Å². The average Bonchev–Trinajstić information content (AvgIpc) is 2.09. The quantitative estimate of drug-likeness (QED) is 0.639. The van der Waals surface area contributed by atoms with Gasteiger partial charge >= 0.3 is 24.0 Å². The van der Waals surface area contributed by atoms with Crippen molar-refractivity contribution < 1.29 is 45.4 Å². The molecule has 0 amide bonds. The van der Waals surface area contributed by atoms with E-state index in [1.165, 1.54) is 20.8 Å². The lowest BCUT2D eigenvalue weighted by Crippen LogP contribution is -2.59. The van der Waals surface area contributed by atoms with E-state index in [0.29, 0.717) is 6.92 Å². The van der Waals surface area contributed by atoms with E-state index in [2.05, 4.69) is 4.74 Å². The van der Waals surface area contributed by atoms with Gasteiger partial charge in [0.05, 0.1) is 0 Å². The molecule has 0 aromatic heterocycles. The fourth-order valence-electron chi connectivity index (χ4n) is 1.30. The maximum absolute atomic E-state index is 13.5. The van der Waals surface area contributed by atoms with Crippen LogP contribution in [0.25, 0.3) is 0 Å². The van der Waals surface area contributed by atoms with E-state index in [4.69, 9.17) is 0 Å². The topological polar surface area (TPSA) is 46.5 Å². The number of aliphatic hydroxyl groups is 1. The summed E-state index contributed by atoms with van der Waals surface area (Å²) in [5.41, 5.74) is -10.3. The van der Waals surface area contributed by atoms with E-state index < -0.39 is 41.6 Å². The second kappa shape index (κ2) is 5.29. The van der Waals surface area contributed by atoms with Crippen LogP contribution in [0.15, 0.2) is 0 Å². The molecule has 0 saturated heterocycles. The van der Waals surface area contributed by atoms with Crippen molar-refractivity contribution in [2.24, 2.45) is 0 Å². The van der Waals surface area contributed by atoms with E-state index >= 15 is 0 Å². The zero-order valence-electron chi connectivity index (χ0n) is 11.6. The normalized spacial score (nSPS) is 17.3. The molecule has 0 heterocycles. The molecule has 0 radical (unpaired) electrons. The third-order valence-electron chi connectivity index (χ3n) is 2.33. The molecule has 126 valence electrons. The highest BCUT2D eigenvalue weighted by atomic mass is 19.4. The van der Waals surface area contributed by atoms with E-state index in [-0.39, 0.29) is 0 Å². The summed E-state index contributed by atoms with van der Waals surface area (Å²) in [6, 6.07) is 0. The number of carbonyl (C=O) groups excluding carboxylic acids is 1. The number of alkyl halides is 7. The number of esters is 1. The zero-order chi connectivity index (χ0) is 17.5. The Balaban J connectivity index is 5.51. The molecule has 21 heavy (non-hydrogen) atoms. The van der Waals surface area contributed by atoms with Crippen molar-refractivity contribution in [1.82, 2.24) is 0 Å². The lowest BCUT2D eigenvalue weighted by atomic mass is 9.88. The fraction of sp³-hybridized carbons (Fsp3) is 0.909. The van der Waals surface area contributed by atoms with Gasteiger partial charge in [-0.1, -0.05) is 0 Å². The van der Waals surface area contributed by atoms with Crippen LogP contribution in [0.3, 0.4) is 0 Å². The van der Waals surface area contributed by atoms with Gasteiger partial charge < -0.3 is 9.84 Å². The molecule has 0 aromatic rings. The third kappa shape index (κ3) is 4.72. The highest BCUT2D eigenvalue weighted by Gasteiger charge is 2.74. The minimum absolute atomic E-state index is 0.326. The van der Waals surface area contributed by atoms with Crippen molar-refractivity contribution in [2.45, 2.75) is 63.3 Å². The summed E-state index contributed by atoms with van der Waals surface area (Å²) in [5, 5.41) is 9.49. The summed E-state index contributed by atoms with van der Waals surface area (Å²) in [6.45, 7) is 4.15. The number of ether oxygens (including phenoxy) is 1. The van der Waals surface area contributed by atoms with Crippen molar-refractivity contribution in [3.05, 3.63) is 0 Å². The summed E-state index contributed by atoms with van der Waals surface area (Å²) in [4.78, 5) is 11.4. The van der Waals surface area contributed by atoms with E-state index in [0.717, 1.165) is 0 Å². The highest BCUT2D eigenvalue weighted by molar-refractivity contribution is 5.79. The first-order chi connectivity index (χ1) is 8.83. The van der Waals surface area contributed by atoms with Crippen LogP contribution < -0.4 is 0 Å². The summed E-state index contributed by atoms with van der Waals surface area (Å²) in [5.74, 6) is -1.79. The fourth-order valence-corrected chi connectivity index (χ4v) is 1.30. The van der Waals surface area contributed by atoms with Crippen LogP contribution >= 0.6 is 0 Å². The van der Waals surface area contributed by atoms with Gasteiger partial charge in [-0.25, -0.2) is 9.18 Å². The Morgan fingerprint density at radius 3 is 1.48 bits per heavy atom. The van der Waals surface area contributed by atoms with Gasteiger partial charge in [-0.2, -0.15) is 26.3 Å². The van der Waals surface area contributed by atoms with Crippen molar-refractivity contribution in [1.29, 1.82) is 0 Å². The van der Waals surface area contributed by atoms with Crippen LogP contribution in [-0.2, 0) is 9.53 Å². The maximum Gasteiger partial charge on any atom is 0.431 e. The van der Waals surface area contributed by atoms with Gasteiger partial charge in [0.1, 0.15) is 5.60 Å². The largest absolute Gasteiger partial charge is 0.458 e. The molecule has 3 nitrogen and oxygen atoms in total. The zero-order valence-corrected chi connectivity index (χ0v) is 11.6. The molecule has 0 aliphatic carbocycles. The number of hydrogen-bond donors (Lipinski definition) is 1. The summed E-state index contributed by atoms with van der Waals surface area (Å²) in [7, 11) is 0. The van der Waals surface area contributed by atoms with E-state index in [1.54, 1.807) is 0 Å². The van der Waals surface area contributed by atoms with Gasteiger partial charge in [-0.3, -0.25) is 0 Å². The van der Waals surface area contributed by atoms with Crippen LogP contribution in [-0.4, -0.2) is 40.3 Å². The second-order valence-corrected chi connectivity index (χ2v) is 5.75. The van der Waals surface area contributed by atoms with Crippen molar-refractivity contribution in [2.75, 3.05) is 0 Å². The lowest BCUT2D eigenvalue weighted by Gasteiger charge is -2.35. The van der Waals surface area contributed by atoms with Crippen LogP contribution in [0.4, 0.5) is 30.7 Å². The molecular formula is C11H15F7O3. The molecule has 0 aliphatic heterocycles. The Bertz CT molecular complexity index is 376. The van der Waals surface area contributed by atoms with Gasteiger partial charge in [0, 0.05) is 6.42 Å². The molecule has 0 fully saturated rings. The SMILES string of the molecule is CC(C)(C)OC(=O)C(C)(O)CC(F)(C(F)(F)F)C(F)(F)F. The standard InChI is InChI=1S/C11H15F7O3/c1-7(2,3)21-6(19)8(4,20)5-9(12,10(13,14)15)11(16,17)18/h20H,5H2,1-4H3. The Morgan fingerprint density at radius 2 is 1.24 bits per heavy atom. The van der Waals surface area contributed by atoms with Gasteiger partial charge in [-0.15, -0.1) is 0 Å². The van der Waals surface area contributed by atoms with Crippen LogP contribution in [0.2, 0.25) is 0 Å². The van der Waals surface area contributed by atoms with E-state index in [1.807, 2.05) is 0 Å². The molecule has 10 heteroatoms. The maximum atomic E-state index is 13.5. The highest BCUT2D eigenvalue weighted by Crippen LogP contribution is 2.50. The molecule has 0 rings (SSSR count). The van der Waals surface area contributed by atoms with Crippen molar-refractivity contribution in [3.8, 4) is 0 Å². The number of carbonyl (C=O) groups is 1. The van der Waals surface area contributed by atoms with Gasteiger partial charge in [0.25, 0.3) is 0 Å². The van der Waals surface area contributed by atoms with E-state index in [9.17, 15) is 40.6 Å². The smallest absolute Gasteiger partial charge is 0.431 e. The molecule has 0 aromatic carbocycles. The number of halogens is 7. The Labute approximate surface area is 116 Å². The summed E-state index contributed by atoms with van der Waals surface area (Å²) >= 11 is 0. The number of rotatable bonds is 3. The van der Waals surface area contributed by atoms with Gasteiger partial charge in [0.2, 0.25) is 0 Å². The van der Waals surface area contributed by atoms with Crippen molar-refractivity contribution in [3.63, 3.8) is 0 Å². The molecule has 1 N–H and O–H groups in total. The predicted octanol–water partition coefficient (Wildman–Crippen LogP) is 3.30. The minimum atomic E-state index is -6.35. The first-order valence-corrected chi connectivity index (χ1v) is 5.62. The molecule has 1 atom stereocenters. The molecule has 0 aliphatic rings. The predicted molar refractivity (Wildman–Crippen MR) is 57.0 cm³/mol. The first kappa shape index (κ1) is 19.9. The van der Waals surface area contributed by atoms with Gasteiger partial charge in [0.15, 0.2) is 5.60 Å². The third-order valence-corrected chi connectivity index (χ3v) is 2.33. The monoisotopic (exact) mass is 328 g/mol. The van der Waals surface area contributed by atoms with Crippen molar-refractivity contribution >= 4 is 5.97 Å². The second-order valence-electron chi connectivity index (χ2n) is 5.75. The van der Waals surface area contributed by atoms with Crippen LogP contribution in [0.5, 0.6) is 0 Å². The molecule has 0 bridgehead atoms. The Kier molecular flexibility index (Phi) is 5.02. The van der Waals surface area contributed by atoms with Crippen LogP contribution in [0, 0.1) is 0 Å². The Morgan fingerprint density at radius 1 is 0.905 bits per heavy atom. The molecule has 0 spiro atoms. The molecular weight excluding hydrogens is 313 g/mol. The average molecular weight is 328 g/mol. The van der Waals surface area contributed by atoms with Gasteiger partial charge in [-0.05, 0) is 27.7 Å². The summed E-state index contributed by atoms with van der Waals surface area (Å²) in [6.07, 6.45) is -15.3. The first-order valence-electron chi connectivity index (χ1n) is 5.62. The molecule has 0 saturated carbocycles. The molecule has 1 unspecified atom stereocenters.